The Kier molecular flexibility index (Phi) is 1.93. The zero-order chi connectivity index (χ0) is 5.91. The molecular weight excluding hydrogens is 119 g/mol. The topological polar surface area (TPSA) is 74.6 Å². The van der Waals surface area contributed by atoms with Gasteiger partial charge < -0.3 is 9.79 Å². The van der Waals surface area contributed by atoms with Crippen LogP contribution in [-0.4, -0.2) is 15.7 Å². The lowest BCUT2D eigenvalue weighted by Gasteiger charge is -1.85. The van der Waals surface area contributed by atoms with Crippen LogP contribution in [0.15, 0.2) is 5.82 Å². The first-order valence-electron chi connectivity index (χ1n) is 1.33. The first kappa shape index (κ1) is 6.60. The molecule has 0 fully saturated rings. The molecular formula is C2H3O4P. The van der Waals surface area contributed by atoms with E-state index in [1.807, 2.05) is 0 Å². The summed E-state index contributed by atoms with van der Waals surface area (Å²) in [5.41, 5.74) is 0. The maximum absolute atomic E-state index is 9.61. The van der Waals surface area contributed by atoms with Gasteiger partial charge >= 0.3 is 7.60 Å². The molecule has 0 radical (unpaired) electrons. The van der Waals surface area contributed by atoms with Gasteiger partial charge in [0.25, 0.3) is 0 Å². The summed E-state index contributed by atoms with van der Waals surface area (Å²) in [5.74, 6) is 1.14. The Bertz CT molecular complexity index is 138. The van der Waals surface area contributed by atoms with Crippen molar-refractivity contribution >= 4 is 13.5 Å². The molecule has 40 valence electrons. The number of rotatable bonds is 1. The van der Waals surface area contributed by atoms with Crippen LogP contribution in [0.25, 0.3) is 0 Å². The average molecular weight is 122 g/mol. The van der Waals surface area contributed by atoms with Crippen LogP contribution in [0.4, 0.5) is 0 Å². The number of hydrogen-bond donors (Lipinski definition) is 2. The molecule has 0 atom stereocenters. The van der Waals surface area contributed by atoms with Crippen LogP contribution in [0.3, 0.4) is 0 Å². The summed E-state index contributed by atoms with van der Waals surface area (Å²) in [7, 11) is -4.21. The molecule has 5 heteroatoms. The van der Waals surface area contributed by atoms with E-state index in [1.54, 1.807) is 0 Å². The minimum absolute atomic E-state index is 0.174. The van der Waals surface area contributed by atoms with Gasteiger partial charge in [-0.1, -0.05) is 0 Å². The van der Waals surface area contributed by atoms with Crippen molar-refractivity contribution < 1.29 is 19.1 Å². The van der Waals surface area contributed by atoms with Crippen molar-refractivity contribution in [2.45, 2.75) is 0 Å². The van der Waals surface area contributed by atoms with Crippen LogP contribution < -0.4 is 0 Å². The molecule has 0 unspecified atom stereocenters. The molecule has 0 aromatic heterocycles. The number of hydrogen-bond acceptors (Lipinski definition) is 2. The molecule has 0 amide bonds. The van der Waals surface area contributed by atoms with Crippen LogP contribution in [0.1, 0.15) is 0 Å². The second kappa shape index (κ2) is 2.05. The maximum Gasteiger partial charge on any atom is 0.359 e. The predicted molar refractivity (Wildman–Crippen MR) is 22.3 cm³/mol. The normalized spacial score (nSPS) is 10.0. The second-order valence-electron chi connectivity index (χ2n) is 0.836. The number of carbonyl (C=O) groups excluding carboxylic acids is 1. The van der Waals surface area contributed by atoms with Gasteiger partial charge in [-0.3, -0.25) is 4.57 Å². The Labute approximate surface area is 39.6 Å². The van der Waals surface area contributed by atoms with Crippen molar-refractivity contribution in [2.75, 3.05) is 0 Å². The highest BCUT2D eigenvalue weighted by molar-refractivity contribution is 7.55. The zero-order valence-electron chi connectivity index (χ0n) is 3.24. The molecule has 7 heavy (non-hydrogen) atoms. The summed E-state index contributed by atoms with van der Waals surface area (Å²) in [6.45, 7) is 0. The molecule has 2 N–H and O–H groups in total. The van der Waals surface area contributed by atoms with Gasteiger partial charge in [-0.15, -0.1) is 0 Å². The zero-order valence-corrected chi connectivity index (χ0v) is 4.13. The lowest BCUT2D eigenvalue weighted by Crippen LogP contribution is -1.66. The smallest absolute Gasteiger partial charge is 0.321 e. The van der Waals surface area contributed by atoms with Crippen LogP contribution in [-0.2, 0) is 9.36 Å². The Morgan fingerprint density at radius 2 is 2.00 bits per heavy atom. The standard InChI is InChI=1S/C2H3O4P/c3-1-2-7(4,5)6/h2H,(H2,4,5,6). The summed E-state index contributed by atoms with van der Waals surface area (Å²) in [6.07, 6.45) is 0. The van der Waals surface area contributed by atoms with Gasteiger partial charge in [-0.05, 0) is 0 Å². The molecule has 0 saturated heterocycles. The van der Waals surface area contributed by atoms with Crippen LogP contribution in [0, 0.1) is 0 Å². The molecule has 0 saturated carbocycles. The molecule has 0 aliphatic rings. The minimum Gasteiger partial charge on any atom is -0.321 e. The molecule has 0 aliphatic heterocycles. The first-order chi connectivity index (χ1) is 3.06. The fraction of sp³-hybridized carbons (Fsp3) is 0. The van der Waals surface area contributed by atoms with Gasteiger partial charge in [0.05, 0.1) is 0 Å². The van der Waals surface area contributed by atoms with Gasteiger partial charge in [0, 0.05) is 0 Å². The van der Waals surface area contributed by atoms with E-state index in [1.165, 1.54) is 0 Å². The van der Waals surface area contributed by atoms with E-state index in [-0.39, 0.29) is 5.82 Å². The van der Waals surface area contributed by atoms with E-state index in [9.17, 15) is 4.57 Å². The minimum atomic E-state index is -4.21. The van der Waals surface area contributed by atoms with E-state index < -0.39 is 7.60 Å². The van der Waals surface area contributed by atoms with Crippen LogP contribution >= 0.6 is 7.60 Å². The van der Waals surface area contributed by atoms with Gasteiger partial charge in [0.2, 0.25) is 0 Å². The summed E-state index contributed by atoms with van der Waals surface area (Å²) < 4.78 is 9.61. The molecule has 0 rings (SSSR count). The van der Waals surface area contributed by atoms with E-state index in [2.05, 4.69) is 0 Å². The van der Waals surface area contributed by atoms with Crippen molar-refractivity contribution in [1.82, 2.24) is 0 Å². The molecule has 0 aromatic carbocycles. The maximum atomic E-state index is 9.61. The van der Waals surface area contributed by atoms with E-state index >= 15 is 0 Å². The lowest BCUT2D eigenvalue weighted by molar-refractivity contribution is 0.386. The Morgan fingerprint density at radius 3 is 2.00 bits per heavy atom. The fourth-order valence-corrected chi connectivity index (χ4v) is 0.206. The largest absolute Gasteiger partial charge is 0.359 e. The summed E-state index contributed by atoms with van der Waals surface area (Å²) >= 11 is 0. The van der Waals surface area contributed by atoms with E-state index in [0.717, 1.165) is 5.94 Å². The van der Waals surface area contributed by atoms with Crippen molar-refractivity contribution in [1.29, 1.82) is 0 Å². The monoisotopic (exact) mass is 122 g/mol. The molecule has 0 bridgehead atoms. The summed E-state index contributed by atoms with van der Waals surface area (Å²) in [4.78, 5) is 24.8. The first-order valence-corrected chi connectivity index (χ1v) is 3.02. The summed E-state index contributed by atoms with van der Waals surface area (Å²) in [5, 5.41) is 0. The summed E-state index contributed by atoms with van der Waals surface area (Å²) in [6, 6.07) is 0. The molecule has 0 heterocycles. The Balaban J connectivity index is 4.10. The molecule has 0 spiro atoms. The van der Waals surface area contributed by atoms with E-state index in [0.29, 0.717) is 0 Å². The van der Waals surface area contributed by atoms with Crippen LogP contribution in [0.2, 0.25) is 0 Å². The van der Waals surface area contributed by atoms with Gasteiger partial charge in [-0.25, -0.2) is 4.79 Å². The lowest BCUT2D eigenvalue weighted by atomic mass is 11.2. The Morgan fingerprint density at radius 1 is 1.57 bits per heavy atom. The van der Waals surface area contributed by atoms with Crippen molar-refractivity contribution in [3.8, 4) is 0 Å². The highest BCUT2D eigenvalue weighted by atomic mass is 31.2. The molecule has 0 aromatic rings. The SMILES string of the molecule is O=C=CP(=O)(O)O. The molecule has 0 aliphatic carbocycles. The second-order valence-corrected chi connectivity index (χ2v) is 2.27. The Hall–Kier alpha value is -0.400. The third-order valence-corrected chi connectivity index (χ3v) is 0.663. The molecule has 4 nitrogen and oxygen atoms in total. The van der Waals surface area contributed by atoms with Crippen molar-refractivity contribution in [3.05, 3.63) is 5.82 Å². The average Bonchev–Trinajstić information content (AvgIpc) is 1.30. The quantitative estimate of drug-likeness (QED) is 0.363. The van der Waals surface area contributed by atoms with Crippen molar-refractivity contribution in [3.63, 3.8) is 0 Å². The highest BCUT2D eigenvalue weighted by Crippen LogP contribution is 2.34. The van der Waals surface area contributed by atoms with Gasteiger partial charge in [0.1, 0.15) is 11.8 Å². The third-order valence-electron chi connectivity index (χ3n) is 0.221. The van der Waals surface area contributed by atoms with E-state index in [4.69, 9.17) is 14.6 Å². The van der Waals surface area contributed by atoms with Crippen molar-refractivity contribution in [2.24, 2.45) is 0 Å². The van der Waals surface area contributed by atoms with Crippen LogP contribution in [0.5, 0.6) is 0 Å². The fourth-order valence-electron chi connectivity index (χ4n) is 0.0687. The van der Waals surface area contributed by atoms with Gasteiger partial charge in [0.15, 0.2) is 0 Å². The predicted octanol–water partition coefficient (Wildman–Crippen LogP) is -0.491. The third kappa shape index (κ3) is 5.60. The highest BCUT2D eigenvalue weighted by Gasteiger charge is 2.04. The van der Waals surface area contributed by atoms with Gasteiger partial charge in [-0.2, -0.15) is 0 Å².